The molecule has 0 heterocycles. The Kier molecular flexibility index (Phi) is 38.7. The third-order valence-corrected chi connectivity index (χ3v) is 10.3. The summed E-state index contributed by atoms with van der Waals surface area (Å²) in [5.74, 6) is -0.349. The lowest BCUT2D eigenvalue weighted by Gasteiger charge is -2.28. The second kappa shape index (κ2) is 40.0. The maximum Gasteiger partial charge on any atom is 0.306 e. The summed E-state index contributed by atoms with van der Waals surface area (Å²) < 4.78 is 34.6. The highest BCUT2D eigenvalue weighted by atomic mass is 31.2. The van der Waals surface area contributed by atoms with Crippen molar-refractivity contribution in [3.05, 3.63) is 60.8 Å². The van der Waals surface area contributed by atoms with Crippen molar-refractivity contribution in [3.63, 3.8) is 0 Å². The minimum Gasteiger partial charge on any atom is -0.756 e. The number of esters is 1. The van der Waals surface area contributed by atoms with Crippen LogP contribution < -0.4 is 4.89 Å². The first-order chi connectivity index (χ1) is 27.1. The number of allylic oxidation sites excluding steroid dienone is 10. The van der Waals surface area contributed by atoms with Crippen LogP contribution in [0.5, 0.6) is 0 Å². The molecule has 0 bridgehead atoms. The van der Waals surface area contributed by atoms with Crippen LogP contribution in [-0.2, 0) is 27.9 Å². The number of unbranched alkanes of at least 4 members (excludes halogenated alkanes) is 17. The molecule has 0 spiro atoms. The van der Waals surface area contributed by atoms with Crippen LogP contribution in [0.4, 0.5) is 0 Å². The molecule has 0 aromatic heterocycles. The zero-order valence-electron chi connectivity index (χ0n) is 36.8. The molecular formula is C47H86NO7P. The minimum atomic E-state index is -4.53. The highest BCUT2D eigenvalue weighted by molar-refractivity contribution is 7.45. The Bertz CT molecular complexity index is 1080. The van der Waals surface area contributed by atoms with Gasteiger partial charge in [-0.05, 0) is 77.0 Å². The number of ether oxygens (including phenoxy) is 2. The average molecular weight is 808 g/mol. The van der Waals surface area contributed by atoms with Gasteiger partial charge in [-0.15, -0.1) is 0 Å². The lowest BCUT2D eigenvalue weighted by Crippen LogP contribution is -2.37. The highest BCUT2D eigenvalue weighted by Gasteiger charge is 2.20. The van der Waals surface area contributed by atoms with Crippen LogP contribution in [0.2, 0.25) is 0 Å². The van der Waals surface area contributed by atoms with E-state index in [1.54, 1.807) is 0 Å². The molecule has 0 N–H and O–H groups in total. The molecule has 326 valence electrons. The first kappa shape index (κ1) is 54.2. The number of carbonyl (C=O) groups is 1. The van der Waals surface area contributed by atoms with Crippen LogP contribution >= 0.6 is 7.82 Å². The van der Waals surface area contributed by atoms with Crippen molar-refractivity contribution in [2.45, 2.75) is 180 Å². The first-order valence-corrected chi connectivity index (χ1v) is 24.0. The molecule has 0 aromatic carbocycles. The minimum absolute atomic E-state index is 0.0190. The zero-order chi connectivity index (χ0) is 41.3. The number of quaternary nitrogens is 1. The van der Waals surface area contributed by atoms with E-state index < -0.39 is 13.9 Å². The number of phosphoric ester groups is 1. The van der Waals surface area contributed by atoms with Crippen molar-refractivity contribution in [2.75, 3.05) is 54.1 Å². The van der Waals surface area contributed by atoms with Gasteiger partial charge in [-0.2, -0.15) is 0 Å². The Morgan fingerprint density at radius 1 is 0.571 bits per heavy atom. The lowest BCUT2D eigenvalue weighted by molar-refractivity contribution is -0.870. The summed E-state index contributed by atoms with van der Waals surface area (Å²) in [4.78, 5) is 25.1. The summed E-state index contributed by atoms with van der Waals surface area (Å²) in [5, 5.41) is 0. The molecule has 2 unspecified atom stereocenters. The summed E-state index contributed by atoms with van der Waals surface area (Å²) in [5.41, 5.74) is 0. The third kappa shape index (κ3) is 43.3. The SMILES string of the molecule is CC/C=C\C/C=C\C/C=C\CCCCCCCCOCC(COP(=O)([O-])OCC[N+](C)(C)C)OC(=O)CCCCCCCCC/C=C\C/C=C\CCCCCC. The molecule has 0 aliphatic heterocycles. The molecule has 0 saturated heterocycles. The molecule has 9 heteroatoms. The van der Waals surface area contributed by atoms with Gasteiger partial charge in [-0.3, -0.25) is 9.36 Å². The monoisotopic (exact) mass is 808 g/mol. The van der Waals surface area contributed by atoms with Crippen molar-refractivity contribution in [3.8, 4) is 0 Å². The predicted molar refractivity (Wildman–Crippen MR) is 236 cm³/mol. The van der Waals surface area contributed by atoms with Crippen LogP contribution in [-0.4, -0.2) is 70.7 Å². The summed E-state index contributed by atoms with van der Waals surface area (Å²) in [6.07, 6.45) is 49.4. The number of likely N-dealkylation sites (N-methyl/N-ethyl adjacent to an activating group) is 1. The van der Waals surface area contributed by atoms with Gasteiger partial charge in [0.25, 0.3) is 7.82 Å². The number of rotatable bonds is 41. The summed E-state index contributed by atoms with van der Waals surface area (Å²) in [6, 6.07) is 0. The first-order valence-electron chi connectivity index (χ1n) is 22.5. The number of nitrogens with zero attached hydrogens (tertiary/aromatic N) is 1. The Labute approximate surface area is 345 Å². The molecule has 0 aliphatic carbocycles. The van der Waals surface area contributed by atoms with E-state index in [-0.39, 0.29) is 25.8 Å². The molecule has 8 nitrogen and oxygen atoms in total. The summed E-state index contributed by atoms with van der Waals surface area (Å²) >= 11 is 0. The number of carbonyl (C=O) groups excluding carboxylic acids is 1. The van der Waals surface area contributed by atoms with E-state index in [1.165, 1.54) is 77.0 Å². The van der Waals surface area contributed by atoms with Crippen LogP contribution in [0.1, 0.15) is 174 Å². The Balaban J connectivity index is 4.27. The molecule has 0 fully saturated rings. The largest absolute Gasteiger partial charge is 0.756 e. The fourth-order valence-electron chi connectivity index (χ4n) is 5.82. The van der Waals surface area contributed by atoms with Gasteiger partial charge in [0.05, 0.1) is 34.4 Å². The van der Waals surface area contributed by atoms with Crippen LogP contribution in [0, 0.1) is 0 Å². The average Bonchev–Trinajstić information content (AvgIpc) is 3.15. The van der Waals surface area contributed by atoms with Gasteiger partial charge < -0.3 is 27.9 Å². The molecule has 0 aliphatic rings. The van der Waals surface area contributed by atoms with Gasteiger partial charge in [-0.1, -0.05) is 152 Å². The highest BCUT2D eigenvalue weighted by Crippen LogP contribution is 2.38. The van der Waals surface area contributed by atoms with E-state index in [9.17, 15) is 14.3 Å². The molecule has 56 heavy (non-hydrogen) atoms. The second-order valence-corrected chi connectivity index (χ2v) is 17.4. The topological polar surface area (TPSA) is 94.1 Å². The van der Waals surface area contributed by atoms with Gasteiger partial charge >= 0.3 is 5.97 Å². The standard InChI is InChI=1S/C47H86NO7P/c1-6-8-10-12-14-16-18-20-22-24-25-26-28-30-32-34-36-38-40-47(49)55-46(45-54-56(50,51)53-43-41-48(3,4)5)44-52-42-39-37-35-33-31-29-27-23-21-19-17-15-13-11-9-7-2/h9,11,15-18,21-24,46H,6-8,10,12-14,19-20,25-45H2,1-5H3/b11-9-,17-15-,18-16-,23-21-,24-22-. The van der Waals surface area contributed by atoms with Crippen molar-refractivity contribution >= 4 is 13.8 Å². The van der Waals surface area contributed by atoms with Crippen LogP contribution in [0.3, 0.4) is 0 Å². The van der Waals surface area contributed by atoms with Gasteiger partial charge in [0.15, 0.2) is 0 Å². The van der Waals surface area contributed by atoms with Crippen molar-refractivity contribution in [2.24, 2.45) is 0 Å². The quantitative estimate of drug-likeness (QED) is 0.0200. The van der Waals surface area contributed by atoms with Crippen molar-refractivity contribution in [1.29, 1.82) is 0 Å². The van der Waals surface area contributed by atoms with Gasteiger partial charge in [0, 0.05) is 13.0 Å². The van der Waals surface area contributed by atoms with Gasteiger partial charge in [-0.25, -0.2) is 0 Å². The third-order valence-electron chi connectivity index (χ3n) is 9.30. The number of phosphoric acid groups is 1. The maximum atomic E-state index is 12.7. The van der Waals surface area contributed by atoms with E-state index in [0.29, 0.717) is 24.1 Å². The van der Waals surface area contributed by atoms with Crippen molar-refractivity contribution in [1.82, 2.24) is 0 Å². The Hall–Kier alpha value is -1.80. The predicted octanol–water partition coefficient (Wildman–Crippen LogP) is 12.7. The van der Waals surface area contributed by atoms with E-state index in [2.05, 4.69) is 74.6 Å². The summed E-state index contributed by atoms with van der Waals surface area (Å²) in [7, 11) is 1.33. The molecule has 2 atom stereocenters. The summed E-state index contributed by atoms with van der Waals surface area (Å²) in [6.45, 7) is 5.24. The maximum absolute atomic E-state index is 12.7. The Morgan fingerprint density at radius 3 is 1.55 bits per heavy atom. The molecule has 0 amide bonds. The van der Waals surface area contributed by atoms with E-state index in [4.69, 9.17) is 18.5 Å². The smallest absolute Gasteiger partial charge is 0.306 e. The zero-order valence-corrected chi connectivity index (χ0v) is 37.7. The molecule has 0 radical (unpaired) electrons. The van der Waals surface area contributed by atoms with Gasteiger partial charge in [0.1, 0.15) is 19.3 Å². The number of hydrogen-bond acceptors (Lipinski definition) is 7. The lowest BCUT2D eigenvalue weighted by atomic mass is 10.1. The number of hydrogen-bond donors (Lipinski definition) is 0. The normalized spacial score (nSPS) is 14.3. The van der Waals surface area contributed by atoms with Crippen LogP contribution in [0.25, 0.3) is 0 Å². The molecule has 0 rings (SSSR count). The molecule has 0 aromatic rings. The van der Waals surface area contributed by atoms with Crippen LogP contribution in [0.15, 0.2) is 60.8 Å². The van der Waals surface area contributed by atoms with Crippen molar-refractivity contribution < 1.29 is 37.3 Å². The molecule has 0 saturated carbocycles. The fourth-order valence-corrected chi connectivity index (χ4v) is 6.55. The van der Waals surface area contributed by atoms with E-state index >= 15 is 0 Å². The van der Waals surface area contributed by atoms with Gasteiger partial charge in [0.2, 0.25) is 0 Å². The Morgan fingerprint density at radius 2 is 1.04 bits per heavy atom. The second-order valence-electron chi connectivity index (χ2n) is 16.0. The van der Waals surface area contributed by atoms with E-state index in [0.717, 1.165) is 77.0 Å². The molecular weight excluding hydrogens is 721 g/mol. The van der Waals surface area contributed by atoms with E-state index in [1.807, 2.05) is 21.1 Å². The fraction of sp³-hybridized carbons (Fsp3) is 0.766.